The Morgan fingerprint density at radius 1 is 1.36 bits per heavy atom. The van der Waals surface area contributed by atoms with Gasteiger partial charge in [-0.2, -0.15) is 10.3 Å². The molecule has 1 heterocycles. The number of rotatable bonds is 4. The number of carbonyl (C=O) groups is 2. The van der Waals surface area contributed by atoms with Crippen molar-refractivity contribution < 1.29 is 19.1 Å². The molecule has 14 heavy (non-hydrogen) atoms. The van der Waals surface area contributed by atoms with Crippen molar-refractivity contribution in [3.05, 3.63) is 0 Å². The molecule has 0 spiro atoms. The second kappa shape index (κ2) is 4.02. The third-order valence-corrected chi connectivity index (χ3v) is 1.46. The van der Waals surface area contributed by atoms with E-state index >= 15 is 0 Å². The molecule has 1 rings (SSSR count). The summed E-state index contributed by atoms with van der Waals surface area (Å²) in [4.78, 5) is 36.2. The van der Waals surface area contributed by atoms with Crippen LogP contribution < -0.4 is 0 Å². The van der Waals surface area contributed by atoms with E-state index in [1.54, 1.807) is 0 Å². The van der Waals surface area contributed by atoms with Gasteiger partial charge in [0.2, 0.25) is 6.08 Å². The Kier molecular flexibility index (Phi) is 2.79. The summed E-state index contributed by atoms with van der Waals surface area (Å²) in [5.74, 6) is 0. The summed E-state index contributed by atoms with van der Waals surface area (Å²) < 4.78 is 4.19. The molecule has 8 nitrogen and oxygen atoms in total. The van der Waals surface area contributed by atoms with Crippen molar-refractivity contribution in [1.82, 2.24) is 9.80 Å². The lowest BCUT2D eigenvalue weighted by atomic mass is 10.5. The van der Waals surface area contributed by atoms with Crippen LogP contribution in [0.15, 0.2) is 4.99 Å². The molecular formula is C6H4N4O4. The number of carbonyl (C=O) groups excluding carboxylic acids is 3. The number of urea groups is 2. The fraction of sp³-hybridized carbons (Fsp3) is 0.333. The number of nitriles is 1. The standard InChI is InChI=1S/C6H4N4O4/c7-1-14-4-10-5(12)9(6(10)13)2-8-3-11/h2,4H2. The van der Waals surface area contributed by atoms with E-state index < -0.39 is 18.8 Å². The summed E-state index contributed by atoms with van der Waals surface area (Å²) >= 11 is 0. The van der Waals surface area contributed by atoms with Crippen molar-refractivity contribution in [1.29, 1.82) is 5.26 Å². The molecule has 0 saturated carbocycles. The number of isocyanates is 1. The van der Waals surface area contributed by atoms with Crippen molar-refractivity contribution >= 4 is 18.1 Å². The topological polar surface area (TPSA) is 103 Å². The van der Waals surface area contributed by atoms with E-state index in [9.17, 15) is 14.4 Å². The first kappa shape index (κ1) is 9.70. The van der Waals surface area contributed by atoms with E-state index in [4.69, 9.17) is 5.26 Å². The normalized spacial score (nSPS) is 14.2. The molecular weight excluding hydrogens is 192 g/mol. The highest BCUT2D eigenvalue weighted by Crippen LogP contribution is 2.15. The van der Waals surface area contributed by atoms with E-state index in [1.807, 2.05) is 0 Å². The molecule has 72 valence electrons. The molecule has 1 fully saturated rings. The van der Waals surface area contributed by atoms with Crippen LogP contribution in [0.25, 0.3) is 0 Å². The van der Waals surface area contributed by atoms with Gasteiger partial charge in [-0.3, -0.25) is 0 Å². The van der Waals surface area contributed by atoms with Gasteiger partial charge < -0.3 is 4.74 Å². The van der Waals surface area contributed by atoms with Crippen molar-refractivity contribution in [3.63, 3.8) is 0 Å². The van der Waals surface area contributed by atoms with Gasteiger partial charge in [-0.25, -0.2) is 24.2 Å². The molecule has 0 atom stereocenters. The van der Waals surface area contributed by atoms with Crippen LogP contribution in [-0.4, -0.2) is 41.3 Å². The average Bonchev–Trinajstić information content (AvgIpc) is 2.19. The second-order valence-electron chi connectivity index (χ2n) is 2.18. The molecule has 0 aromatic rings. The molecule has 0 aliphatic carbocycles. The summed E-state index contributed by atoms with van der Waals surface area (Å²) in [6.45, 7) is -0.778. The van der Waals surface area contributed by atoms with Crippen molar-refractivity contribution in [2.24, 2.45) is 4.99 Å². The van der Waals surface area contributed by atoms with Gasteiger partial charge in [0.05, 0.1) is 0 Å². The minimum Gasteiger partial charge on any atom is -0.405 e. The van der Waals surface area contributed by atoms with E-state index in [2.05, 4.69) is 9.73 Å². The fourth-order valence-corrected chi connectivity index (χ4v) is 0.835. The van der Waals surface area contributed by atoms with Gasteiger partial charge in [0.25, 0.3) is 6.26 Å². The largest absolute Gasteiger partial charge is 0.405 e. The molecule has 1 saturated heterocycles. The Morgan fingerprint density at radius 2 is 2.00 bits per heavy atom. The van der Waals surface area contributed by atoms with Gasteiger partial charge in [0.15, 0.2) is 6.73 Å². The van der Waals surface area contributed by atoms with Crippen molar-refractivity contribution in [2.45, 2.75) is 0 Å². The molecule has 0 radical (unpaired) electrons. The molecule has 0 bridgehead atoms. The quantitative estimate of drug-likeness (QED) is 0.345. The van der Waals surface area contributed by atoms with Crippen LogP contribution >= 0.6 is 0 Å². The Morgan fingerprint density at radius 3 is 2.50 bits per heavy atom. The highest BCUT2D eigenvalue weighted by atomic mass is 16.5. The zero-order chi connectivity index (χ0) is 10.6. The van der Waals surface area contributed by atoms with Crippen LogP contribution in [0, 0.1) is 11.5 Å². The molecule has 1 aliphatic rings. The Labute approximate surface area is 78.0 Å². The molecule has 0 unspecified atom stereocenters. The predicted molar refractivity (Wildman–Crippen MR) is 39.0 cm³/mol. The van der Waals surface area contributed by atoms with E-state index in [0.717, 1.165) is 0 Å². The summed E-state index contributed by atoms with van der Waals surface area (Å²) in [5, 5.41) is 8.01. The van der Waals surface area contributed by atoms with Crippen LogP contribution in [0.2, 0.25) is 0 Å². The van der Waals surface area contributed by atoms with Crippen LogP contribution in [0.4, 0.5) is 9.59 Å². The zero-order valence-electron chi connectivity index (χ0n) is 6.84. The molecule has 4 amide bonds. The van der Waals surface area contributed by atoms with Crippen LogP contribution in [-0.2, 0) is 9.53 Å². The number of ether oxygens (including phenoxy) is 1. The first-order valence-electron chi connectivity index (χ1n) is 3.40. The first-order valence-corrected chi connectivity index (χ1v) is 3.40. The van der Waals surface area contributed by atoms with E-state index in [-0.39, 0.29) is 6.67 Å². The third kappa shape index (κ3) is 1.53. The van der Waals surface area contributed by atoms with Crippen LogP contribution in [0.3, 0.4) is 0 Å². The number of imide groups is 2. The van der Waals surface area contributed by atoms with E-state index in [1.165, 1.54) is 12.3 Å². The van der Waals surface area contributed by atoms with Crippen molar-refractivity contribution in [2.75, 3.05) is 13.4 Å². The number of nitrogens with zero attached hydrogens (tertiary/aromatic N) is 4. The maximum atomic E-state index is 11.0. The maximum Gasteiger partial charge on any atom is 0.340 e. The number of hydrogen-bond donors (Lipinski definition) is 0. The van der Waals surface area contributed by atoms with Crippen molar-refractivity contribution in [3.8, 4) is 6.26 Å². The lowest BCUT2D eigenvalue weighted by Crippen LogP contribution is -2.64. The first-order chi connectivity index (χ1) is 6.72. The lowest BCUT2D eigenvalue weighted by molar-refractivity contribution is 0.0628. The van der Waals surface area contributed by atoms with Gasteiger partial charge in [0, 0.05) is 0 Å². The summed E-state index contributed by atoms with van der Waals surface area (Å²) in [6, 6.07) is -1.33. The zero-order valence-corrected chi connectivity index (χ0v) is 6.84. The number of amides is 4. The molecule has 0 N–H and O–H groups in total. The average molecular weight is 196 g/mol. The monoisotopic (exact) mass is 196 g/mol. The van der Waals surface area contributed by atoms with Gasteiger partial charge in [0.1, 0.15) is 6.67 Å². The third-order valence-electron chi connectivity index (χ3n) is 1.46. The molecule has 8 heteroatoms. The van der Waals surface area contributed by atoms with E-state index in [0.29, 0.717) is 9.80 Å². The van der Waals surface area contributed by atoms with Gasteiger partial charge >= 0.3 is 12.1 Å². The minimum atomic E-state index is -0.663. The van der Waals surface area contributed by atoms with Gasteiger partial charge in [-0.05, 0) is 0 Å². The number of hydrogen-bond acceptors (Lipinski definition) is 6. The highest BCUT2D eigenvalue weighted by Gasteiger charge is 2.43. The SMILES string of the molecule is N#COCN1C(=O)N(CN=C=O)C1=O. The highest BCUT2D eigenvalue weighted by molar-refractivity contribution is 6.11. The summed E-state index contributed by atoms with van der Waals surface area (Å²) in [6.07, 6.45) is 2.51. The predicted octanol–water partition coefficient (Wildman–Crippen LogP) is -0.408. The molecule has 1 aliphatic heterocycles. The number of aliphatic imine (C=N–C) groups is 1. The maximum absolute atomic E-state index is 11.0. The molecule has 0 aromatic carbocycles. The Bertz CT molecular complexity index is 337. The lowest BCUT2D eigenvalue weighted by Gasteiger charge is -2.36. The van der Waals surface area contributed by atoms with Gasteiger partial charge in [-0.1, -0.05) is 0 Å². The summed E-state index contributed by atoms with van der Waals surface area (Å²) in [7, 11) is 0. The van der Waals surface area contributed by atoms with Crippen LogP contribution in [0.1, 0.15) is 0 Å². The Hall–Kier alpha value is -2.39. The summed E-state index contributed by atoms with van der Waals surface area (Å²) in [5.41, 5.74) is 0. The Balaban J connectivity index is 2.49. The van der Waals surface area contributed by atoms with Gasteiger partial charge in [-0.15, -0.1) is 0 Å². The smallest absolute Gasteiger partial charge is 0.340 e. The molecule has 0 aromatic heterocycles. The second-order valence-corrected chi connectivity index (χ2v) is 2.18. The fourth-order valence-electron chi connectivity index (χ4n) is 0.835. The van der Waals surface area contributed by atoms with Crippen LogP contribution in [0.5, 0.6) is 0 Å². The minimum absolute atomic E-state index is 0.357.